The quantitative estimate of drug-likeness (QED) is 0.729. The maximum atomic E-state index is 12.7. The summed E-state index contributed by atoms with van der Waals surface area (Å²) >= 11 is 0. The molecule has 8 heteroatoms. The zero-order valence-electron chi connectivity index (χ0n) is 17.5. The van der Waals surface area contributed by atoms with E-state index in [1.165, 1.54) is 5.56 Å². The maximum absolute atomic E-state index is 12.7. The maximum Gasteiger partial charge on any atom is 0.238 e. The lowest BCUT2D eigenvalue weighted by Crippen LogP contribution is -2.59. The zero-order valence-corrected chi connectivity index (χ0v) is 17.5. The molecule has 2 heterocycles. The molecule has 0 bridgehead atoms. The number of piperazine rings is 1. The van der Waals surface area contributed by atoms with Gasteiger partial charge in [-0.05, 0) is 17.7 Å². The molecule has 1 unspecified atom stereocenters. The van der Waals surface area contributed by atoms with Crippen LogP contribution in [-0.4, -0.2) is 67.0 Å². The second kappa shape index (κ2) is 9.80. The van der Waals surface area contributed by atoms with Gasteiger partial charge in [0.05, 0.1) is 19.8 Å². The molecular formula is C23H28N4O4. The summed E-state index contributed by atoms with van der Waals surface area (Å²) in [6.45, 7) is 3.90. The van der Waals surface area contributed by atoms with Crippen LogP contribution in [0, 0.1) is 0 Å². The number of nitrogens with zero attached hydrogens (tertiary/aromatic N) is 2. The Balaban J connectivity index is 1.35. The number of fused-ring (bicyclic) bond motifs is 1. The van der Waals surface area contributed by atoms with Crippen LogP contribution in [0.15, 0.2) is 48.5 Å². The fraction of sp³-hybridized carbons (Fsp3) is 0.391. The first kappa shape index (κ1) is 21.1. The van der Waals surface area contributed by atoms with E-state index in [-0.39, 0.29) is 12.5 Å². The number of hydrogen-bond acceptors (Lipinski definition) is 6. The summed E-state index contributed by atoms with van der Waals surface area (Å²) in [5, 5.41) is 2.89. The van der Waals surface area contributed by atoms with E-state index < -0.39 is 11.9 Å². The van der Waals surface area contributed by atoms with Gasteiger partial charge in [-0.2, -0.15) is 0 Å². The number of rotatable bonds is 6. The van der Waals surface area contributed by atoms with Gasteiger partial charge in [0.15, 0.2) is 11.5 Å². The lowest BCUT2D eigenvalue weighted by atomic mass is 10.1. The molecule has 1 fully saturated rings. The number of anilines is 1. The number of carbonyl (C=O) groups is 2. The molecule has 2 aliphatic heterocycles. The third-order valence-corrected chi connectivity index (χ3v) is 5.53. The highest BCUT2D eigenvalue weighted by molar-refractivity contribution is 5.93. The van der Waals surface area contributed by atoms with Crippen molar-refractivity contribution in [1.29, 1.82) is 0 Å². The van der Waals surface area contributed by atoms with Gasteiger partial charge in [-0.15, -0.1) is 0 Å². The monoisotopic (exact) mass is 424 g/mol. The summed E-state index contributed by atoms with van der Waals surface area (Å²) < 4.78 is 11.3. The summed E-state index contributed by atoms with van der Waals surface area (Å²) in [6, 6.07) is 15.0. The van der Waals surface area contributed by atoms with E-state index in [0.717, 1.165) is 19.5 Å². The van der Waals surface area contributed by atoms with Crippen molar-refractivity contribution in [3.63, 3.8) is 0 Å². The van der Waals surface area contributed by atoms with Crippen molar-refractivity contribution in [3.05, 3.63) is 54.1 Å². The predicted octanol–water partition coefficient (Wildman–Crippen LogP) is 1.46. The van der Waals surface area contributed by atoms with E-state index in [2.05, 4.69) is 22.3 Å². The first-order valence-corrected chi connectivity index (χ1v) is 10.6. The Morgan fingerprint density at radius 1 is 1.03 bits per heavy atom. The SMILES string of the molecule is NC(=O)C1CN(Cc2ccccc2)CCN1CC(=O)Nc1ccc2c(c1)OCCCO2. The van der Waals surface area contributed by atoms with Crippen molar-refractivity contribution in [3.8, 4) is 11.5 Å². The van der Waals surface area contributed by atoms with Gasteiger partial charge < -0.3 is 20.5 Å². The Labute approximate surface area is 181 Å². The Morgan fingerprint density at radius 2 is 1.81 bits per heavy atom. The number of amides is 2. The molecule has 0 spiro atoms. The van der Waals surface area contributed by atoms with E-state index in [0.29, 0.717) is 43.5 Å². The van der Waals surface area contributed by atoms with E-state index in [1.807, 2.05) is 23.1 Å². The molecule has 3 N–H and O–H groups in total. The van der Waals surface area contributed by atoms with Gasteiger partial charge in [-0.25, -0.2) is 0 Å². The minimum absolute atomic E-state index is 0.0984. The molecule has 2 amide bonds. The van der Waals surface area contributed by atoms with Gasteiger partial charge in [-0.1, -0.05) is 30.3 Å². The highest BCUT2D eigenvalue weighted by Gasteiger charge is 2.32. The fourth-order valence-electron chi connectivity index (χ4n) is 3.95. The fourth-order valence-corrected chi connectivity index (χ4v) is 3.95. The average Bonchev–Trinajstić information content (AvgIpc) is 3.00. The number of primary amides is 1. The van der Waals surface area contributed by atoms with Gasteiger partial charge in [0, 0.05) is 44.4 Å². The largest absolute Gasteiger partial charge is 0.490 e. The summed E-state index contributed by atoms with van der Waals surface area (Å²) in [6.07, 6.45) is 0.821. The summed E-state index contributed by atoms with van der Waals surface area (Å²) in [5.74, 6) is 0.692. The van der Waals surface area contributed by atoms with Crippen molar-refractivity contribution in [2.75, 3.05) is 44.7 Å². The molecule has 0 aliphatic carbocycles. The van der Waals surface area contributed by atoms with Gasteiger partial charge in [0.25, 0.3) is 0 Å². The van der Waals surface area contributed by atoms with Crippen molar-refractivity contribution in [2.45, 2.75) is 19.0 Å². The highest BCUT2D eigenvalue weighted by Crippen LogP contribution is 2.32. The van der Waals surface area contributed by atoms with Crippen LogP contribution in [0.1, 0.15) is 12.0 Å². The molecule has 2 aliphatic rings. The first-order valence-electron chi connectivity index (χ1n) is 10.6. The van der Waals surface area contributed by atoms with Gasteiger partial charge in [0.1, 0.15) is 6.04 Å². The predicted molar refractivity (Wildman–Crippen MR) is 117 cm³/mol. The van der Waals surface area contributed by atoms with Crippen LogP contribution in [0.5, 0.6) is 11.5 Å². The van der Waals surface area contributed by atoms with E-state index in [1.54, 1.807) is 18.2 Å². The Morgan fingerprint density at radius 3 is 2.58 bits per heavy atom. The molecule has 2 aromatic rings. The number of benzene rings is 2. The summed E-state index contributed by atoms with van der Waals surface area (Å²) in [7, 11) is 0. The van der Waals surface area contributed by atoms with E-state index in [4.69, 9.17) is 15.2 Å². The number of carbonyl (C=O) groups excluding carboxylic acids is 2. The highest BCUT2D eigenvalue weighted by atomic mass is 16.5. The molecule has 8 nitrogen and oxygen atoms in total. The second-order valence-electron chi connectivity index (χ2n) is 7.87. The van der Waals surface area contributed by atoms with Crippen molar-refractivity contribution in [2.24, 2.45) is 5.73 Å². The van der Waals surface area contributed by atoms with E-state index >= 15 is 0 Å². The average molecular weight is 425 g/mol. The molecule has 31 heavy (non-hydrogen) atoms. The molecule has 1 atom stereocenters. The van der Waals surface area contributed by atoms with Crippen molar-refractivity contribution >= 4 is 17.5 Å². The first-order chi connectivity index (χ1) is 15.1. The third kappa shape index (κ3) is 5.53. The van der Waals surface area contributed by atoms with Crippen LogP contribution in [0.3, 0.4) is 0 Å². The number of nitrogens with one attached hydrogen (secondary N) is 1. The van der Waals surface area contributed by atoms with Gasteiger partial charge in [-0.3, -0.25) is 19.4 Å². The number of ether oxygens (including phenoxy) is 2. The molecule has 164 valence electrons. The second-order valence-corrected chi connectivity index (χ2v) is 7.87. The Bertz CT molecular complexity index is 921. The van der Waals surface area contributed by atoms with Crippen molar-refractivity contribution in [1.82, 2.24) is 9.80 Å². The smallest absolute Gasteiger partial charge is 0.238 e. The molecule has 4 rings (SSSR count). The van der Waals surface area contributed by atoms with Crippen LogP contribution < -0.4 is 20.5 Å². The van der Waals surface area contributed by atoms with Crippen LogP contribution in [0.4, 0.5) is 5.69 Å². The normalized spacial score (nSPS) is 19.4. The number of nitrogens with two attached hydrogens (primary N) is 1. The van der Waals surface area contributed by atoms with Gasteiger partial charge in [0.2, 0.25) is 11.8 Å². The molecule has 2 aromatic carbocycles. The van der Waals surface area contributed by atoms with E-state index in [9.17, 15) is 9.59 Å². The Kier molecular flexibility index (Phi) is 6.69. The topological polar surface area (TPSA) is 97.1 Å². The van der Waals surface area contributed by atoms with Gasteiger partial charge >= 0.3 is 0 Å². The third-order valence-electron chi connectivity index (χ3n) is 5.53. The lowest BCUT2D eigenvalue weighted by Gasteiger charge is -2.39. The summed E-state index contributed by atoms with van der Waals surface area (Å²) in [5.41, 5.74) is 7.48. The lowest BCUT2D eigenvalue weighted by molar-refractivity contribution is -0.127. The molecule has 0 radical (unpaired) electrons. The number of hydrogen-bond donors (Lipinski definition) is 2. The standard InChI is InChI=1S/C23H28N4O4/c24-23(29)19-15-26(14-17-5-2-1-3-6-17)9-10-27(19)16-22(28)25-18-7-8-20-21(13-18)31-12-4-11-30-20/h1-3,5-8,13,19H,4,9-12,14-16H2,(H2,24,29)(H,25,28). The molecular weight excluding hydrogens is 396 g/mol. The minimum atomic E-state index is -0.507. The van der Waals surface area contributed by atoms with Crippen LogP contribution in [-0.2, 0) is 16.1 Å². The Hall–Kier alpha value is -3.10. The zero-order chi connectivity index (χ0) is 21.6. The van der Waals surface area contributed by atoms with Crippen molar-refractivity contribution < 1.29 is 19.1 Å². The van der Waals surface area contributed by atoms with Crippen LogP contribution in [0.25, 0.3) is 0 Å². The van der Waals surface area contributed by atoms with Crippen LogP contribution in [0.2, 0.25) is 0 Å². The molecule has 0 aromatic heterocycles. The minimum Gasteiger partial charge on any atom is -0.490 e. The summed E-state index contributed by atoms with van der Waals surface area (Å²) in [4.78, 5) is 28.8. The van der Waals surface area contributed by atoms with Crippen LogP contribution >= 0.6 is 0 Å². The molecule has 1 saturated heterocycles. The molecule has 0 saturated carbocycles.